The van der Waals surface area contributed by atoms with Gasteiger partial charge < -0.3 is 14.8 Å². The zero-order valence-electron chi connectivity index (χ0n) is 17.1. The van der Waals surface area contributed by atoms with Gasteiger partial charge in [0, 0.05) is 4.88 Å². The summed E-state index contributed by atoms with van der Waals surface area (Å²) >= 11 is 1.31. The molecule has 2 heterocycles. The Bertz CT molecular complexity index is 982. The van der Waals surface area contributed by atoms with E-state index in [9.17, 15) is 14.4 Å². The molecular formula is C21H24N2O5S. The fraction of sp³-hybridized carbons (Fsp3) is 0.381. The van der Waals surface area contributed by atoms with Crippen LogP contribution in [0.2, 0.25) is 0 Å². The SMILES string of the molecule is CCOC(=O)c1c(NC(=O)CN2C(=O)C(C)Oc3ccc(C)cc32)sc(C)c1C. The summed E-state index contributed by atoms with van der Waals surface area (Å²) in [5.41, 5.74) is 2.66. The third-order valence-corrected chi connectivity index (χ3v) is 5.86. The molecule has 2 aromatic rings. The van der Waals surface area contributed by atoms with E-state index in [2.05, 4.69) is 5.32 Å². The molecule has 154 valence electrons. The second-order valence-corrected chi connectivity index (χ2v) is 8.14. The monoisotopic (exact) mass is 416 g/mol. The van der Waals surface area contributed by atoms with Crippen LogP contribution < -0.4 is 15.0 Å². The molecule has 7 nitrogen and oxygen atoms in total. The molecule has 2 amide bonds. The number of fused-ring (bicyclic) bond motifs is 1. The number of benzene rings is 1. The number of anilines is 2. The molecule has 0 radical (unpaired) electrons. The first-order valence-electron chi connectivity index (χ1n) is 9.38. The topological polar surface area (TPSA) is 84.9 Å². The molecule has 1 aliphatic heterocycles. The van der Waals surface area contributed by atoms with Crippen LogP contribution in [0.25, 0.3) is 0 Å². The number of amides is 2. The first-order chi connectivity index (χ1) is 13.7. The standard InChI is InChI=1S/C21H24N2O5S/c1-6-27-21(26)18-12(3)14(5)29-19(18)22-17(24)10-23-15-9-11(2)7-8-16(15)28-13(4)20(23)25/h7-9,13H,6,10H2,1-5H3,(H,22,24). The fourth-order valence-electron chi connectivity index (χ4n) is 3.15. The van der Waals surface area contributed by atoms with Gasteiger partial charge in [-0.1, -0.05) is 6.07 Å². The fourth-order valence-corrected chi connectivity index (χ4v) is 4.22. The maximum absolute atomic E-state index is 12.8. The van der Waals surface area contributed by atoms with Gasteiger partial charge in [0.2, 0.25) is 5.91 Å². The normalized spacial score (nSPS) is 15.6. The van der Waals surface area contributed by atoms with Crippen LogP contribution >= 0.6 is 11.3 Å². The highest BCUT2D eigenvalue weighted by molar-refractivity contribution is 7.16. The smallest absolute Gasteiger partial charge is 0.341 e. The number of nitrogens with zero attached hydrogens (tertiary/aromatic N) is 1. The molecule has 8 heteroatoms. The van der Waals surface area contributed by atoms with Gasteiger partial charge in [0.05, 0.1) is 17.9 Å². The van der Waals surface area contributed by atoms with Gasteiger partial charge in [0.1, 0.15) is 17.3 Å². The molecule has 0 fully saturated rings. The highest BCUT2D eigenvalue weighted by Gasteiger charge is 2.33. The molecule has 1 N–H and O–H groups in total. The molecule has 3 rings (SSSR count). The lowest BCUT2D eigenvalue weighted by Crippen LogP contribution is -2.47. The van der Waals surface area contributed by atoms with Gasteiger partial charge in [-0.25, -0.2) is 4.79 Å². The van der Waals surface area contributed by atoms with Crippen molar-refractivity contribution in [3.63, 3.8) is 0 Å². The molecule has 0 spiro atoms. The predicted octanol–water partition coefficient (Wildman–Crippen LogP) is 3.60. The van der Waals surface area contributed by atoms with Crippen LogP contribution in [-0.2, 0) is 14.3 Å². The lowest BCUT2D eigenvalue weighted by Gasteiger charge is -2.32. The molecule has 0 saturated carbocycles. The summed E-state index contributed by atoms with van der Waals surface area (Å²) in [6.07, 6.45) is -0.681. The van der Waals surface area contributed by atoms with Crippen LogP contribution in [0, 0.1) is 20.8 Å². The van der Waals surface area contributed by atoms with Crippen molar-refractivity contribution in [1.29, 1.82) is 0 Å². The number of carbonyl (C=O) groups is 3. The van der Waals surface area contributed by atoms with Gasteiger partial charge in [0.15, 0.2) is 6.10 Å². The largest absolute Gasteiger partial charge is 0.479 e. The number of esters is 1. The summed E-state index contributed by atoms with van der Waals surface area (Å²) in [6.45, 7) is 9.06. The van der Waals surface area contributed by atoms with Crippen LogP contribution in [0.1, 0.15) is 40.2 Å². The highest BCUT2D eigenvalue weighted by atomic mass is 32.1. The van der Waals surface area contributed by atoms with Gasteiger partial charge in [-0.3, -0.25) is 14.5 Å². The Morgan fingerprint density at radius 3 is 2.69 bits per heavy atom. The van der Waals surface area contributed by atoms with Crippen LogP contribution in [0.4, 0.5) is 10.7 Å². The molecule has 1 unspecified atom stereocenters. The molecule has 1 atom stereocenters. The van der Waals surface area contributed by atoms with Gasteiger partial charge in [-0.15, -0.1) is 11.3 Å². The molecule has 0 bridgehead atoms. The molecule has 1 aromatic heterocycles. The number of ether oxygens (including phenoxy) is 2. The lowest BCUT2D eigenvalue weighted by atomic mass is 10.1. The van der Waals surface area contributed by atoms with Crippen molar-refractivity contribution in [3.8, 4) is 5.75 Å². The maximum Gasteiger partial charge on any atom is 0.341 e. The van der Waals surface area contributed by atoms with Gasteiger partial charge in [-0.05, 0) is 57.9 Å². The number of rotatable bonds is 5. The zero-order valence-corrected chi connectivity index (χ0v) is 17.9. The van der Waals surface area contributed by atoms with Crippen molar-refractivity contribution in [2.75, 3.05) is 23.4 Å². The van der Waals surface area contributed by atoms with E-state index >= 15 is 0 Å². The second kappa shape index (κ2) is 8.24. The Labute approximate surface area is 173 Å². The number of hydrogen-bond acceptors (Lipinski definition) is 6. The van der Waals surface area contributed by atoms with Crippen LogP contribution in [0.5, 0.6) is 5.75 Å². The average Bonchev–Trinajstić information content (AvgIpc) is 2.93. The summed E-state index contributed by atoms with van der Waals surface area (Å²) in [4.78, 5) is 40.1. The number of aryl methyl sites for hydroxylation is 2. The minimum Gasteiger partial charge on any atom is -0.479 e. The van der Waals surface area contributed by atoms with Gasteiger partial charge in [-0.2, -0.15) is 0 Å². The van der Waals surface area contributed by atoms with Crippen molar-refractivity contribution in [2.24, 2.45) is 0 Å². The summed E-state index contributed by atoms with van der Waals surface area (Å²) in [6, 6.07) is 5.50. The van der Waals surface area contributed by atoms with Crippen molar-refractivity contribution in [2.45, 2.75) is 40.7 Å². The van der Waals surface area contributed by atoms with Crippen molar-refractivity contribution >= 4 is 39.8 Å². The third-order valence-electron chi connectivity index (χ3n) is 4.74. The zero-order chi connectivity index (χ0) is 21.3. The summed E-state index contributed by atoms with van der Waals surface area (Å²) in [5.74, 6) is -0.596. The predicted molar refractivity (Wildman–Crippen MR) is 112 cm³/mol. The van der Waals surface area contributed by atoms with Crippen molar-refractivity contribution in [3.05, 3.63) is 39.8 Å². The van der Waals surface area contributed by atoms with E-state index < -0.39 is 18.0 Å². The Morgan fingerprint density at radius 1 is 1.28 bits per heavy atom. The molecule has 1 aromatic carbocycles. The van der Waals surface area contributed by atoms with E-state index in [0.29, 0.717) is 22.0 Å². The minimum absolute atomic E-state index is 0.179. The molecule has 29 heavy (non-hydrogen) atoms. The number of carbonyl (C=O) groups excluding carboxylic acids is 3. The molecule has 1 aliphatic rings. The second-order valence-electron chi connectivity index (χ2n) is 6.91. The van der Waals surface area contributed by atoms with E-state index in [1.54, 1.807) is 19.9 Å². The molecule has 0 saturated heterocycles. The molecular weight excluding hydrogens is 392 g/mol. The Balaban J connectivity index is 1.85. The van der Waals surface area contributed by atoms with Gasteiger partial charge in [0.25, 0.3) is 5.91 Å². The number of nitrogens with one attached hydrogen (secondary N) is 1. The van der Waals surface area contributed by atoms with Crippen molar-refractivity contribution in [1.82, 2.24) is 0 Å². The summed E-state index contributed by atoms with van der Waals surface area (Å²) in [5, 5.41) is 3.22. The average molecular weight is 416 g/mol. The van der Waals surface area contributed by atoms with Crippen LogP contribution in [0.3, 0.4) is 0 Å². The highest BCUT2D eigenvalue weighted by Crippen LogP contribution is 2.36. The van der Waals surface area contributed by atoms with Crippen molar-refractivity contribution < 1.29 is 23.9 Å². The number of thiophene rings is 1. The first kappa shape index (κ1) is 20.9. The lowest BCUT2D eigenvalue weighted by molar-refractivity contribution is -0.127. The Kier molecular flexibility index (Phi) is 5.93. The van der Waals surface area contributed by atoms with E-state index in [1.807, 2.05) is 32.9 Å². The Morgan fingerprint density at radius 2 is 2.00 bits per heavy atom. The quantitative estimate of drug-likeness (QED) is 0.753. The van der Waals surface area contributed by atoms with E-state index in [0.717, 1.165) is 16.0 Å². The van der Waals surface area contributed by atoms with E-state index in [4.69, 9.17) is 9.47 Å². The maximum atomic E-state index is 12.8. The third kappa shape index (κ3) is 4.12. The van der Waals surface area contributed by atoms with E-state index in [1.165, 1.54) is 16.2 Å². The van der Waals surface area contributed by atoms with Crippen LogP contribution in [-0.4, -0.2) is 37.0 Å². The Hall–Kier alpha value is -2.87. The summed E-state index contributed by atoms with van der Waals surface area (Å²) < 4.78 is 10.8. The molecule has 0 aliphatic carbocycles. The first-order valence-corrected chi connectivity index (χ1v) is 10.2. The summed E-state index contributed by atoms with van der Waals surface area (Å²) in [7, 11) is 0. The van der Waals surface area contributed by atoms with E-state index in [-0.39, 0.29) is 19.1 Å². The number of hydrogen-bond donors (Lipinski definition) is 1. The van der Waals surface area contributed by atoms with Crippen LogP contribution in [0.15, 0.2) is 18.2 Å². The van der Waals surface area contributed by atoms with Gasteiger partial charge >= 0.3 is 5.97 Å². The minimum atomic E-state index is -0.681.